The second kappa shape index (κ2) is 9.48. The molecule has 3 heterocycles. The van der Waals surface area contributed by atoms with Gasteiger partial charge in [0.2, 0.25) is 5.43 Å². The first-order valence-corrected chi connectivity index (χ1v) is 11.3. The Morgan fingerprint density at radius 1 is 1.27 bits per heavy atom. The van der Waals surface area contributed by atoms with Crippen molar-refractivity contribution in [1.82, 2.24) is 14.7 Å². The highest BCUT2D eigenvalue weighted by Crippen LogP contribution is 2.30. The van der Waals surface area contributed by atoms with E-state index in [0.717, 1.165) is 29.9 Å². The molecule has 0 radical (unpaired) electrons. The van der Waals surface area contributed by atoms with E-state index in [2.05, 4.69) is 5.10 Å². The number of rotatable bonds is 6. The summed E-state index contributed by atoms with van der Waals surface area (Å²) in [5, 5.41) is 6.10. The summed E-state index contributed by atoms with van der Waals surface area (Å²) in [6.07, 6.45) is -2.95. The fourth-order valence-corrected chi connectivity index (χ4v) is 4.48. The molecule has 3 aromatic rings. The van der Waals surface area contributed by atoms with Gasteiger partial charge in [0.05, 0.1) is 23.9 Å². The number of ether oxygens (including phenoxy) is 1. The molecule has 0 bridgehead atoms. The molecule has 1 aromatic carbocycles. The minimum Gasteiger partial charge on any atom is -0.376 e. The molecular formula is C23H22F3N3O3S. The average Bonchev–Trinajstić information content (AvgIpc) is 3.47. The van der Waals surface area contributed by atoms with Crippen LogP contribution < -0.4 is 5.43 Å². The highest BCUT2D eigenvalue weighted by molar-refractivity contribution is 7.09. The Balaban J connectivity index is 1.70. The van der Waals surface area contributed by atoms with Crippen molar-refractivity contribution in [2.75, 3.05) is 13.2 Å². The summed E-state index contributed by atoms with van der Waals surface area (Å²) < 4.78 is 46.4. The van der Waals surface area contributed by atoms with Crippen molar-refractivity contribution >= 4 is 17.2 Å². The number of carbonyl (C=O) groups is 1. The van der Waals surface area contributed by atoms with Crippen molar-refractivity contribution < 1.29 is 22.7 Å². The third kappa shape index (κ3) is 5.33. The molecule has 0 spiro atoms. The summed E-state index contributed by atoms with van der Waals surface area (Å²) in [7, 11) is 0. The average molecular weight is 478 g/mol. The van der Waals surface area contributed by atoms with Crippen molar-refractivity contribution in [2.45, 2.75) is 38.6 Å². The van der Waals surface area contributed by atoms with Crippen molar-refractivity contribution in [3.8, 4) is 5.69 Å². The molecule has 2 aromatic heterocycles. The molecule has 10 heteroatoms. The standard InChI is InChI=1S/C23H22F3N3O3S/c1-15-11-20(30)21(27-29(15)17-6-2-5-16(12-17)23(24,25)26)22(31)28(13-18-7-3-9-32-18)14-19-8-4-10-33-19/h2,4-6,8,10-12,18H,3,7,9,13-14H2,1H3. The first kappa shape index (κ1) is 23.2. The first-order valence-electron chi connectivity index (χ1n) is 10.4. The van der Waals surface area contributed by atoms with Crippen molar-refractivity contribution in [2.24, 2.45) is 0 Å². The summed E-state index contributed by atoms with van der Waals surface area (Å²) in [5.74, 6) is -0.579. The predicted molar refractivity (Wildman–Crippen MR) is 118 cm³/mol. The van der Waals surface area contributed by atoms with Crippen LogP contribution in [-0.4, -0.2) is 39.8 Å². The lowest BCUT2D eigenvalue weighted by molar-refractivity contribution is -0.137. The molecule has 1 atom stereocenters. The van der Waals surface area contributed by atoms with Crippen LogP contribution >= 0.6 is 11.3 Å². The van der Waals surface area contributed by atoms with E-state index in [9.17, 15) is 22.8 Å². The van der Waals surface area contributed by atoms with Gasteiger partial charge < -0.3 is 9.64 Å². The van der Waals surface area contributed by atoms with Gasteiger partial charge in [0.25, 0.3) is 5.91 Å². The molecule has 6 nitrogen and oxygen atoms in total. The number of halogens is 3. The normalized spacial score (nSPS) is 16.2. The molecule has 0 aliphatic carbocycles. The number of carbonyl (C=O) groups excluding carboxylic acids is 1. The Bertz CT molecular complexity index is 1190. The molecule has 0 N–H and O–H groups in total. The van der Waals surface area contributed by atoms with E-state index in [1.807, 2.05) is 17.5 Å². The van der Waals surface area contributed by atoms with Crippen molar-refractivity contribution in [1.29, 1.82) is 0 Å². The zero-order valence-electron chi connectivity index (χ0n) is 17.8. The minimum absolute atomic E-state index is 0.111. The Morgan fingerprint density at radius 2 is 2.09 bits per heavy atom. The second-order valence-electron chi connectivity index (χ2n) is 7.86. The van der Waals surface area contributed by atoms with Crippen LogP contribution in [0.4, 0.5) is 13.2 Å². The number of aromatic nitrogens is 2. The van der Waals surface area contributed by atoms with E-state index in [1.165, 1.54) is 39.1 Å². The number of aryl methyl sites for hydroxylation is 1. The van der Waals surface area contributed by atoms with Crippen LogP contribution in [0, 0.1) is 6.92 Å². The Morgan fingerprint density at radius 3 is 2.76 bits per heavy atom. The second-order valence-corrected chi connectivity index (χ2v) is 8.89. The summed E-state index contributed by atoms with van der Waals surface area (Å²) >= 11 is 1.49. The molecule has 33 heavy (non-hydrogen) atoms. The quantitative estimate of drug-likeness (QED) is 0.527. The van der Waals surface area contributed by atoms with Crippen LogP contribution in [0.15, 0.2) is 52.6 Å². The molecule has 4 rings (SSSR count). The monoisotopic (exact) mass is 477 g/mol. The van der Waals surface area contributed by atoms with Gasteiger partial charge in [0.15, 0.2) is 5.69 Å². The Kier molecular flexibility index (Phi) is 6.66. The fraction of sp³-hybridized carbons (Fsp3) is 0.348. The summed E-state index contributed by atoms with van der Waals surface area (Å²) in [6, 6.07) is 9.59. The number of hydrogen-bond acceptors (Lipinski definition) is 5. The lowest BCUT2D eigenvalue weighted by atomic mass is 10.2. The molecule has 1 aliphatic rings. The topological polar surface area (TPSA) is 64.4 Å². The molecule has 1 saturated heterocycles. The highest BCUT2D eigenvalue weighted by Gasteiger charge is 2.31. The summed E-state index contributed by atoms with van der Waals surface area (Å²) in [6.45, 7) is 2.76. The Hall–Kier alpha value is -2.98. The van der Waals surface area contributed by atoms with Gasteiger partial charge in [0, 0.05) is 29.8 Å². The van der Waals surface area contributed by atoms with E-state index in [0.29, 0.717) is 18.8 Å². The zero-order chi connectivity index (χ0) is 23.6. The van der Waals surface area contributed by atoms with Crippen LogP contribution in [0.3, 0.4) is 0 Å². The van der Waals surface area contributed by atoms with Gasteiger partial charge >= 0.3 is 6.18 Å². The van der Waals surface area contributed by atoms with E-state index in [1.54, 1.807) is 6.92 Å². The molecule has 1 unspecified atom stereocenters. The van der Waals surface area contributed by atoms with Gasteiger partial charge in [-0.05, 0) is 49.4 Å². The van der Waals surface area contributed by atoms with Crippen LogP contribution in [0.2, 0.25) is 0 Å². The highest BCUT2D eigenvalue weighted by atomic mass is 32.1. The number of nitrogens with zero attached hydrogens (tertiary/aromatic N) is 3. The van der Waals surface area contributed by atoms with E-state index >= 15 is 0 Å². The van der Waals surface area contributed by atoms with E-state index in [4.69, 9.17) is 4.74 Å². The van der Waals surface area contributed by atoms with Gasteiger partial charge in [-0.1, -0.05) is 12.1 Å². The van der Waals surface area contributed by atoms with Crippen LogP contribution in [0.5, 0.6) is 0 Å². The van der Waals surface area contributed by atoms with Crippen molar-refractivity contribution in [3.05, 3.63) is 79.9 Å². The zero-order valence-corrected chi connectivity index (χ0v) is 18.7. The van der Waals surface area contributed by atoms with E-state index < -0.39 is 23.1 Å². The van der Waals surface area contributed by atoms with E-state index in [-0.39, 0.29) is 24.0 Å². The molecule has 1 aliphatic heterocycles. The maximum absolute atomic E-state index is 13.4. The number of benzene rings is 1. The molecule has 0 saturated carbocycles. The van der Waals surface area contributed by atoms with Gasteiger partial charge in [-0.25, -0.2) is 4.68 Å². The lowest BCUT2D eigenvalue weighted by Crippen LogP contribution is -2.40. The summed E-state index contributed by atoms with van der Waals surface area (Å²) in [4.78, 5) is 28.6. The first-order chi connectivity index (χ1) is 15.7. The smallest absolute Gasteiger partial charge is 0.376 e. The number of amides is 1. The third-order valence-corrected chi connectivity index (χ3v) is 6.25. The van der Waals surface area contributed by atoms with Crippen LogP contribution in [0.1, 0.15) is 39.5 Å². The third-order valence-electron chi connectivity index (χ3n) is 5.39. The molecule has 1 amide bonds. The maximum Gasteiger partial charge on any atom is 0.416 e. The number of hydrogen-bond donors (Lipinski definition) is 0. The minimum atomic E-state index is -4.53. The van der Waals surface area contributed by atoms with Crippen LogP contribution in [-0.2, 0) is 17.5 Å². The lowest BCUT2D eigenvalue weighted by Gasteiger charge is -2.25. The number of thiophene rings is 1. The molecule has 174 valence electrons. The van der Waals surface area contributed by atoms with Gasteiger partial charge in [-0.15, -0.1) is 11.3 Å². The van der Waals surface area contributed by atoms with Crippen LogP contribution in [0.25, 0.3) is 5.69 Å². The SMILES string of the molecule is Cc1cc(=O)c(C(=O)N(Cc2cccs2)CC2CCCO2)nn1-c1cccc(C(F)(F)F)c1. The maximum atomic E-state index is 13.4. The van der Waals surface area contributed by atoms with Gasteiger partial charge in [-0.2, -0.15) is 18.3 Å². The van der Waals surface area contributed by atoms with Crippen molar-refractivity contribution in [3.63, 3.8) is 0 Å². The summed E-state index contributed by atoms with van der Waals surface area (Å²) in [5.41, 5.74) is -1.33. The molecular weight excluding hydrogens is 455 g/mol. The van der Waals surface area contributed by atoms with Gasteiger partial charge in [-0.3, -0.25) is 9.59 Å². The Labute approximate surface area is 192 Å². The number of alkyl halides is 3. The molecule has 1 fully saturated rings. The predicted octanol–water partition coefficient (Wildman–Crippen LogP) is 4.44. The largest absolute Gasteiger partial charge is 0.416 e. The fourth-order valence-electron chi connectivity index (χ4n) is 3.76. The van der Waals surface area contributed by atoms with Gasteiger partial charge in [0.1, 0.15) is 0 Å².